The molecule has 1 heterocycles. The van der Waals surface area contributed by atoms with Gasteiger partial charge in [0, 0.05) is 17.5 Å². The van der Waals surface area contributed by atoms with Crippen LogP contribution < -0.4 is 10.4 Å². The van der Waals surface area contributed by atoms with E-state index in [1.165, 1.54) is 6.07 Å². The molecule has 0 aliphatic rings. The van der Waals surface area contributed by atoms with Gasteiger partial charge >= 0.3 is 5.63 Å². The highest BCUT2D eigenvalue weighted by atomic mass is 16.5. The molecule has 0 aliphatic heterocycles. The fourth-order valence-electron chi connectivity index (χ4n) is 1.83. The minimum atomic E-state index is -0.325. The Labute approximate surface area is 112 Å². The number of quaternary nitrogens is 1. The largest absolute Gasteiger partial charge is 0.488 e. The number of likely N-dealkylation sites (N-methyl/N-ethyl adjacent to an activating group) is 1. The molecular formula is C15H20NO3+. The van der Waals surface area contributed by atoms with Crippen molar-refractivity contribution in [1.82, 2.24) is 0 Å². The maximum atomic E-state index is 11.4. The van der Waals surface area contributed by atoms with Crippen molar-refractivity contribution in [3.63, 3.8) is 0 Å². The average molecular weight is 262 g/mol. The maximum Gasteiger partial charge on any atom is 0.336 e. The van der Waals surface area contributed by atoms with E-state index in [0.29, 0.717) is 12.2 Å². The van der Waals surface area contributed by atoms with Crippen molar-refractivity contribution in [3.8, 4) is 5.75 Å². The number of fused-ring (bicyclic) bond motifs is 1. The van der Waals surface area contributed by atoms with Crippen molar-refractivity contribution in [2.24, 2.45) is 0 Å². The van der Waals surface area contributed by atoms with Crippen LogP contribution in [0.25, 0.3) is 11.0 Å². The molecule has 0 fully saturated rings. The second kappa shape index (κ2) is 5.05. The van der Waals surface area contributed by atoms with Crippen molar-refractivity contribution in [3.05, 3.63) is 40.2 Å². The number of ether oxygens (including phenoxy) is 1. The summed E-state index contributed by atoms with van der Waals surface area (Å²) in [5, 5.41) is 0.943. The number of benzene rings is 1. The third-order valence-corrected chi connectivity index (χ3v) is 2.95. The Kier molecular flexibility index (Phi) is 3.62. The summed E-state index contributed by atoms with van der Waals surface area (Å²) in [6, 6.07) is 7.11. The summed E-state index contributed by atoms with van der Waals surface area (Å²) in [4.78, 5) is 11.4. The van der Waals surface area contributed by atoms with Crippen molar-refractivity contribution < 1.29 is 13.6 Å². The summed E-state index contributed by atoms with van der Waals surface area (Å²) in [7, 11) is 6.35. The van der Waals surface area contributed by atoms with Gasteiger partial charge in [-0.05, 0) is 24.6 Å². The second-order valence-electron chi connectivity index (χ2n) is 5.77. The Morgan fingerprint density at radius 2 is 1.95 bits per heavy atom. The van der Waals surface area contributed by atoms with Gasteiger partial charge in [0.2, 0.25) is 0 Å². The van der Waals surface area contributed by atoms with E-state index in [1.54, 1.807) is 6.07 Å². The van der Waals surface area contributed by atoms with Crippen LogP contribution in [0.5, 0.6) is 5.75 Å². The fourth-order valence-corrected chi connectivity index (χ4v) is 1.83. The van der Waals surface area contributed by atoms with Gasteiger partial charge in [-0.25, -0.2) is 4.79 Å². The first-order valence-electron chi connectivity index (χ1n) is 6.33. The van der Waals surface area contributed by atoms with Gasteiger partial charge in [0.05, 0.1) is 21.1 Å². The van der Waals surface area contributed by atoms with Crippen LogP contribution in [0.4, 0.5) is 0 Å². The number of hydrogen-bond acceptors (Lipinski definition) is 3. The number of rotatable bonds is 4. The monoisotopic (exact) mass is 262 g/mol. The van der Waals surface area contributed by atoms with E-state index < -0.39 is 0 Å². The summed E-state index contributed by atoms with van der Waals surface area (Å²) >= 11 is 0. The first-order valence-corrected chi connectivity index (χ1v) is 6.33. The molecule has 4 heteroatoms. The molecule has 0 radical (unpaired) electrons. The molecule has 0 amide bonds. The third-order valence-electron chi connectivity index (χ3n) is 2.95. The predicted octanol–water partition coefficient (Wildman–Crippen LogP) is 2.19. The number of nitrogens with zero attached hydrogens (tertiary/aromatic N) is 1. The molecule has 0 atom stereocenters. The highest BCUT2D eigenvalue weighted by Crippen LogP contribution is 2.22. The van der Waals surface area contributed by atoms with Crippen molar-refractivity contribution in [2.75, 3.05) is 34.3 Å². The van der Waals surface area contributed by atoms with E-state index in [1.807, 2.05) is 19.1 Å². The zero-order valence-corrected chi connectivity index (χ0v) is 11.9. The van der Waals surface area contributed by atoms with E-state index >= 15 is 0 Å². The van der Waals surface area contributed by atoms with E-state index in [9.17, 15) is 4.79 Å². The maximum absolute atomic E-state index is 11.4. The van der Waals surface area contributed by atoms with Gasteiger partial charge in [0.1, 0.15) is 24.5 Å². The van der Waals surface area contributed by atoms with Crippen molar-refractivity contribution in [2.45, 2.75) is 6.92 Å². The van der Waals surface area contributed by atoms with Crippen LogP contribution in [0.3, 0.4) is 0 Å². The smallest absolute Gasteiger partial charge is 0.336 e. The van der Waals surface area contributed by atoms with Crippen LogP contribution in [0, 0.1) is 6.92 Å². The minimum absolute atomic E-state index is 0.325. The summed E-state index contributed by atoms with van der Waals surface area (Å²) in [5.41, 5.74) is 1.17. The molecule has 0 unspecified atom stereocenters. The molecule has 102 valence electrons. The van der Waals surface area contributed by atoms with E-state index in [-0.39, 0.29) is 5.63 Å². The quantitative estimate of drug-likeness (QED) is 0.626. The highest BCUT2D eigenvalue weighted by molar-refractivity contribution is 5.81. The van der Waals surface area contributed by atoms with Gasteiger partial charge < -0.3 is 13.6 Å². The Morgan fingerprint density at radius 3 is 2.63 bits per heavy atom. The van der Waals surface area contributed by atoms with E-state index in [0.717, 1.165) is 27.7 Å². The Bertz CT molecular complexity index is 638. The average Bonchev–Trinajstić information content (AvgIpc) is 2.26. The van der Waals surface area contributed by atoms with Crippen LogP contribution >= 0.6 is 0 Å². The van der Waals surface area contributed by atoms with Crippen LogP contribution in [-0.2, 0) is 0 Å². The third kappa shape index (κ3) is 3.58. The standard InChI is InChI=1S/C15H20NO3/c1-11-9-15(17)19-14-10-12(5-6-13(11)14)18-8-7-16(2,3)4/h5-6,9-10H,7-8H2,1-4H3/q+1. The lowest BCUT2D eigenvalue weighted by molar-refractivity contribution is -0.870. The van der Waals surface area contributed by atoms with Crippen molar-refractivity contribution in [1.29, 1.82) is 0 Å². The predicted molar refractivity (Wildman–Crippen MR) is 75.6 cm³/mol. The molecule has 1 aromatic heterocycles. The minimum Gasteiger partial charge on any atom is -0.488 e. The molecular weight excluding hydrogens is 242 g/mol. The molecule has 0 N–H and O–H groups in total. The summed E-state index contributed by atoms with van der Waals surface area (Å²) in [6.45, 7) is 3.44. The molecule has 0 saturated heterocycles. The van der Waals surface area contributed by atoms with Gasteiger partial charge in [-0.3, -0.25) is 0 Å². The van der Waals surface area contributed by atoms with Crippen molar-refractivity contribution >= 4 is 11.0 Å². The molecule has 19 heavy (non-hydrogen) atoms. The lowest BCUT2D eigenvalue weighted by Gasteiger charge is -2.23. The van der Waals surface area contributed by atoms with Gasteiger partial charge in [0.15, 0.2) is 0 Å². The Hall–Kier alpha value is -1.81. The van der Waals surface area contributed by atoms with Gasteiger partial charge in [-0.2, -0.15) is 0 Å². The second-order valence-corrected chi connectivity index (χ2v) is 5.77. The number of aryl methyl sites for hydroxylation is 1. The molecule has 2 rings (SSSR count). The van der Waals surface area contributed by atoms with Crippen LogP contribution in [0.15, 0.2) is 33.5 Å². The van der Waals surface area contributed by atoms with Gasteiger partial charge in [-0.1, -0.05) is 0 Å². The lowest BCUT2D eigenvalue weighted by Crippen LogP contribution is -2.38. The fraction of sp³-hybridized carbons (Fsp3) is 0.400. The zero-order chi connectivity index (χ0) is 14.0. The Balaban J connectivity index is 2.20. The lowest BCUT2D eigenvalue weighted by atomic mass is 10.1. The molecule has 0 spiro atoms. The van der Waals surface area contributed by atoms with E-state index in [4.69, 9.17) is 9.15 Å². The van der Waals surface area contributed by atoms with Gasteiger partial charge in [0.25, 0.3) is 0 Å². The molecule has 4 nitrogen and oxygen atoms in total. The topological polar surface area (TPSA) is 39.4 Å². The van der Waals surface area contributed by atoms with Crippen LogP contribution in [0.1, 0.15) is 5.56 Å². The van der Waals surface area contributed by atoms with Gasteiger partial charge in [-0.15, -0.1) is 0 Å². The molecule has 0 aliphatic carbocycles. The summed E-state index contributed by atoms with van der Waals surface area (Å²) in [5.74, 6) is 0.731. The van der Waals surface area contributed by atoms with E-state index in [2.05, 4.69) is 21.1 Å². The SMILES string of the molecule is Cc1cc(=O)oc2cc(OCC[N+](C)(C)C)ccc12. The summed E-state index contributed by atoms with van der Waals surface area (Å²) in [6.07, 6.45) is 0. The molecule has 0 bridgehead atoms. The first-order chi connectivity index (χ1) is 8.85. The van der Waals surface area contributed by atoms with Crippen LogP contribution in [-0.4, -0.2) is 38.8 Å². The van der Waals surface area contributed by atoms with Crippen LogP contribution in [0.2, 0.25) is 0 Å². The normalized spacial score (nSPS) is 11.8. The molecule has 0 saturated carbocycles. The number of hydrogen-bond donors (Lipinski definition) is 0. The molecule has 1 aromatic carbocycles. The summed E-state index contributed by atoms with van der Waals surface area (Å²) < 4.78 is 11.7. The molecule has 2 aromatic rings. The first kappa shape index (κ1) is 13.6. The highest BCUT2D eigenvalue weighted by Gasteiger charge is 2.08. The Morgan fingerprint density at radius 1 is 1.21 bits per heavy atom. The zero-order valence-electron chi connectivity index (χ0n) is 11.9.